The Hall–Kier alpha value is -9.07. The molecule has 7 N–H and O–H groups in total. The number of amides is 1. The Kier molecular flexibility index (Phi) is 36.2. The van der Waals surface area contributed by atoms with Gasteiger partial charge < -0.3 is 79.3 Å². The Labute approximate surface area is 855 Å². The van der Waals surface area contributed by atoms with Crippen LogP contribution in [0, 0.1) is 20.2 Å². The van der Waals surface area contributed by atoms with Gasteiger partial charge in [-0.25, -0.2) is 60.0 Å². The third-order valence-electron chi connectivity index (χ3n) is 23.8. The van der Waals surface area contributed by atoms with E-state index < -0.39 is 52.6 Å². The molecule has 0 atom stereocenters. The third kappa shape index (κ3) is 29.0. The summed E-state index contributed by atoms with van der Waals surface area (Å²) in [7, 11) is -11.3. The van der Waals surface area contributed by atoms with Crippen molar-refractivity contribution in [3.8, 4) is 40.0 Å². The van der Waals surface area contributed by atoms with Gasteiger partial charge in [-0.3, -0.25) is 39.8 Å². The van der Waals surface area contributed by atoms with Crippen LogP contribution in [0.3, 0.4) is 0 Å². The van der Waals surface area contributed by atoms with Gasteiger partial charge in [0.1, 0.15) is 22.8 Å². The first kappa shape index (κ1) is 108. The number of nitrogen functional groups attached to an aromatic ring is 1. The molecule has 0 spiro atoms. The number of aromatic hydroxyl groups is 3. The van der Waals surface area contributed by atoms with E-state index >= 15 is 0 Å². The molecule has 0 aliphatic carbocycles. The fourth-order valence-corrected chi connectivity index (χ4v) is 24.2. The Morgan fingerprint density at radius 2 is 0.716 bits per heavy atom. The zero-order valence-electron chi connectivity index (χ0n) is 78.2. The smallest absolute Gasteiger partial charge is 0.488 e. The molecule has 16 heterocycles. The maximum absolute atomic E-state index is 12.3. The molecule has 1 amide bonds. The summed E-state index contributed by atoms with van der Waals surface area (Å²) >= 11 is 19.0. The van der Waals surface area contributed by atoms with Gasteiger partial charge in [-0.15, -0.1) is 45.3 Å². The van der Waals surface area contributed by atoms with E-state index in [1.807, 2.05) is 26.8 Å². The van der Waals surface area contributed by atoms with Gasteiger partial charge in [-0.1, -0.05) is 0 Å². The monoisotopic (exact) mass is 2210 g/mol. The molecule has 141 heavy (non-hydrogen) atoms. The van der Waals surface area contributed by atoms with Crippen LogP contribution in [-0.2, 0) is 100 Å². The molecule has 8 fully saturated rings. The van der Waals surface area contributed by atoms with Gasteiger partial charge >= 0.3 is 13.2 Å². The Morgan fingerprint density at radius 1 is 0.426 bits per heavy atom. The van der Waals surface area contributed by atoms with Crippen molar-refractivity contribution in [2.75, 3.05) is 254 Å². The van der Waals surface area contributed by atoms with Crippen molar-refractivity contribution in [2.24, 2.45) is 0 Å². The number of sulfonamides is 3. The number of fused-ring (bicyclic) bond motifs is 4. The number of halogens is 2. The van der Waals surface area contributed by atoms with Crippen molar-refractivity contribution in [3.63, 3.8) is 0 Å². The summed E-state index contributed by atoms with van der Waals surface area (Å²) in [5.41, 5.74) is 9.55. The molecule has 11 aromatic rings. The number of hydrogen-bond donors (Lipinski definition) is 6. The van der Waals surface area contributed by atoms with Crippen molar-refractivity contribution in [2.45, 2.75) is 52.6 Å². The van der Waals surface area contributed by atoms with E-state index in [1.54, 1.807) is 62.4 Å². The number of thiophene rings is 4. The van der Waals surface area contributed by atoms with E-state index in [2.05, 4.69) is 77.3 Å². The van der Waals surface area contributed by atoms with Gasteiger partial charge in [0.05, 0.1) is 134 Å². The van der Waals surface area contributed by atoms with Crippen LogP contribution in [-0.4, -0.2) is 385 Å². The maximum Gasteiger partial charge on any atom is 0.488 e. The minimum Gasteiger partial charge on any atom is -0.508 e. The first-order valence-corrected chi connectivity index (χ1v) is 54.7. The van der Waals surface area contributed by atoms with Crippen molar-refractivity contribution in [1.29, 1.82) is 0 Å². The standard InChI is InChI=1S/C22H26N6O6S2.C22H28N6O4S2.C20H28ClN5O3S.C16H22ClN5O3S2.C6H6BNO5.Pd.H2/c1-36(32,33)27-4-2-25(3-5-27)14-18-13-19-20(35-18)22(26-6-8-34-9-7-26)24-21(23-19)15-10-16(28(30)31)12-17(29)11-15;1-34(30,31)28-4-2-26(3-5-28)14-18-13-19-20(33-18)22(27-6-8-32-9-7-27)25-21(24-19)15-10-16(23)12-17(29)11-15;1-20(2,3)29-19(27)26-6-4-24(5-7-26)13-14-12-15-16(30-14)17(23-18(21)22-15)25-8-10-28-11-9-25;1-27(23,24)22-4-2-20(3-5-22)11-12-10-13-14(26-12)15(19-16(17)18-13)21-6-8-25-9-7-21;9-6-2-4(7(10)11)1-5(3-6)8(12)13;;/h10-13,29H,2-9,14H2,1H3;10-13,29H,2-9,14,23H2,1H3;12H,4-11,13H2,1-3H3;10H,2-9,11H2,1H3;1-3,9-11H;;1H. The van der Waals surface area contributed by atoms with E-state index in [1.165, 1.54) is 59.6 Å². The number of aromatic nitrogens is 8. The number of piperazine rings is 4. The molecule has 0 bridgehead atoms. The molecule has 55 heteroatoms. The summed E-state index contributed by atoms with van der Waals surface area (Å²) in [5.74, 6) is 3.67. The van der Waals surface area contributed by atoms with Crippen LogP contribution in [0.2, 0.25) is 10.6 Å². The van der Waals surface area contributed by atoms with Crippen molar-refractivity contribution < 1.29 is 111 Å². The summed E-state index contributed by atoms with van der Waals surface area (Å²) in [6, 6.07) is 20.0. The number of phenolic OH excluding ortho intramolecular Hbond substituents is 3. The molecule has 19 rings (SSSR count). The van der Waals surface area contributed by atoms with Gasteiger partial charge in [-0.05, 0) is 98.0 Å². The third-order valence-corrected chi connectivity index (χ3v) is 32.4. The van der Waals surface area contributed by atoms with Gasteiger partial charge in [0.25, 0.3) is 11.4 Å². The number of nitrogens with two attached hydrogens (primary N) is 1. The van der Waals surface area contributed by atoms with E-state index in [0.29, 0.717) is 179 Å². The number of anilines is 5. The number of nitro groups is 2. The van der Waals surface area contributed by atoms with Crippen LogP contribution in [0.25, 0.3) is 63.6 Å². The first-order chi connectivity index (χ1) is 66.6. The van der Waals surface area contributed by atoms with Gasteiger partial charge in [0.2, 0.25) is 40.6 Å². The van der Waals surface area contributed by atoms with Crippen molar-refractivity contribution >= 4 is 198 Å². The first-order valence-electron chi connectivity index (χ1n) is 45.1. The second-order valence-electron chi connectivity index (χ2n) is 35.3. The van der Waals surface area contributed by atoms with Gasteiger partial charge in [0.15, 0.2) is 34.9 Å². The van der Waals surface area contributed by atoms with E-state index in [4.69, 9.17) is 87.7 Å². The number of carbonyl (C=O) groups is 1. The fraction of sp³-hybridized carbons (Fsp3) is 0.500. The summed E-state index contributed by atoms with van der Waals surface area (Å²) in [5, 5.41) is 68.5. The Balaban J connectivity index is 0.000000152. The van der Waals surface area contributed by atoms with Gasteiger partial charge in [0, 0.05) is 260 Å². The molecule has 0 radical (unpaired) electrons. The minimum absolute atomic E-state index is 0. The number of phenols is 3. The normalized spacial score (nSPS) is 17.9. The largest absolute Gasteiger partial charge is 0.508 e. The van der Waals surface area contributed by atoms with E-state index in [-0.39, 0.29) is 72.6 Å². The number of hydrogen-bond acceptors (Lipinski definition) is 42. The predicted octanol–water partition coefficient (Wildman–Crippen LogP) is 7.16. The zero-order valence-corrected chi connectivity index (χ0v) is 86.9. The number of rotatable bonds is 20. The van der Waals surface area contributed by atoms with Gasteiger partial charge in [-0.2, -0.15) is 22.9 Å². The second kappa shape index (κ2) is 47.4. The minimum atomic E-state index is -3.19. The van der Waals surface area contributed by atoms with E-state index in [9.17, 15) is 60.5 Å². The molecule has 0 unspecified atom stereocenters. The number of ether oxygens (including phenoxy) is 5. The van der Waals surface area contributed by atoms with E-state index in [0.717, 1.165) is 183 Å². The Bertz CT molecular complexity index is 6620. The molecular formula is C86H112BCl2N23O21PdS7. The van der Waals surface area contributed by atoms with Crippen LogP contribution < -0.4 is 30.8 Å². The summed E-state index contributed by atoms with van der Waals surface area (Å²) in [4.78, 5) is 93.8. The zero-order chi connectivity index (χ0) is 99.6. The molecule has 3 aromatic carbocycles. The number of nitrogens with zero attached hydrogens (tertiary/aromatic N) is 22. The maximum atomic E-state index is 12.3. The average Bonchev–Trinajstić information content (AvgIpc) is 1.61. The molecule has 8 aliphatic rings. The van der Waals surface area contributed by atoms with Crippen LogP contribution in [0.15, 0.2) is 78.9 Å². The molecule has 8 aromatic heterocycles. The fourth-order valence-electron chi connectivity index (χ4n) is 16.8. The summed E-state index contributed by atoms with van der Waals surface area (Å²) < 4.78 is 107. The van der Waals surface area contributed by atoms with Crippen LogP contribution in [0.1, 0.15) is 41.7 Å². The molecule has 44 nitrogen and oxygen atoms in total. The average molecular weight is 2220 g/mol. The predicted molar refractivity (Wildman–Crippen MR) is 542 cm³/mol. The van der Waals surface area contributed by atoms with Crippen LogP contribution in [0.4, 0.5) is 45.1 Å². The second-order valence-corrected chi connectivity index (χ2v) is 46.4. The number of morpholine rings is 4. The number of benzene rings is 3. The van der Waals surface area contributed by atoms with Crippen molar-refractivity contribution in [1.82, 2.24) is 77.3 Å². The Morgan fingerprint density at radius 3 is 1.02 bits per heavy atom. The molecule has 766 valence electrons. The molecule has 8 aliphatic heterocycles. The number of non-ortho nitro benzene ring substituents is 2. The van der Waals surface area contributed by atoms with Crippen LogP contribution in [0.5, 0.6) is 17.2 Å². The van der Waals surface area contributed by atoms with Crippen LogP contribution >= 0.6 is 68.5 Å². The molecule has 8 saturated heterocycles. The summed E-state index contributed by atoms with van der Waals surface area (Å²) in [6.45, 7) is 30.0. The van der Waals surface area contributed by atoms with Crippen molar-refractivity contribution in [3.05, 3.63) is 129 Å². The summed E-state index contributed by atoms with van der Waals surface area (Å²) in [6.07, 6.45) is 3.53. The number of carbonyl (C=O) groups excluding carboxylic acids is 1. The topological polar surface area (TPSA) is 521 Å². The SMILES string of the molecule is CC(C)(C)OC(=O)N1CCN(Cc2cc3nc(Cl)nc(N4CCOCC4)c3s2)CC1.CS(=O)(=O)N1CCN(Cc2cc3nc(-c4cc(N)cc(O)c4)nc(N4CCOCC4)c3s2)CC1.CS(=O)(=O)N1CCN(Cc2cc3nc(-c4cc(O)cc([N+](=O)[O-])c4)nc(N4CCOCC4)c3s2)CC1.CS(=O)(=O)N1CCN(Cc2cc3nc(Cl)nc(N4CCOCC4)c3s2)CC1.O=[N+]([O-])c1cc(O)cc(B(O)O)c1.[HH].[Pd]. The molecule has 0 saturated carbocycles. The quantitative estimate of drug-likeness (QED) is 0.0145. The number of nitro benzene ring substituents is 2. The molecular weight excluding hydrogens is 2100 g/mol.